The average molecular weight is 345 g/mol. The van der Waals surface area contributed by atoms with Gasteiger partial charge in [-0.2, -0.15) is 0 Å². The van der Waals surface area contributed by atoms with E-state index < -0.39 is 0 Å². The van der Waals surface area contributed by atoms with E-state index in [2.05, 4.69) is 5.32 Å². The van der Waals surface area contributed by atoms with Gasteiger partial charge in [0.15, 0.2) is 11.5 Å². The molecule has 0 atom stereocenters. The van der Waals surface area contributed by atoms with Gasteiger partial charge in [0.25, 0.3) is 0 Å². The molecule has 0 unspecified atom stereocenters. The van der Waals surface area contributed by atoms with Crippen LogP contribution in [0.5, 0.6) is 11.5 Å². The van der Waals surface area contributed by atoms with Gasteiger partial charge in [0.05, 0.1) is 10.0 Å². The summed E-state index contributed by atoms with van der Waals surface area (Å²) in [6.45, 7) is 1.47. The second-order valence-corrected chi connectivity index (χ2v) is 5.81. The molecule has 110 valence electrons. The van der Waals surface area contributed by atoms with Gasteiger partial charge in [0.1, 0.15) is 0 Å². The van der Waals surface area contributed by atoms with Crippen molar-refractivity contribution in [3.05, 3.63) is 56.5 Å². The van der Waals surface area contributed by atoms with Crippen molar-refractivity contribution in [3.8, 4) is 11.5 Å². The number of rotatable bonds is 4. The molecule has 0 aromatic heterocycles. The van der Waals surface area contributed by atoms with Gasteiger partial charge in [0.2, 0.25) is 6.79 Å². The van der Waals surface area contributed by atoms with Crippen LogP contribution in [-0.2, 0) is 13.1 Å². The molecular weight excluding hydrogens is 333 g/mol. The summed E-state index contributed by atoms with van der Waals surface area (Å²) < 4.78 is 10.6. The van der Waals surface area contributed by atoms with Gasteiger partial charge in [-0.3, -0.25) is 0 Å². The van der Waals surface area contributed by atoms with E-state index in [9.17, 15) is 0 Å². The number of halogens is 3. The molecule has 1 N–H and O–H groups in total. The van der Waals surface area contributed by atoms with Crippen LogP contribution in [0.4, 0.5) is 0 Å². The highest BCUT2D eigenvalue weighted by molar-refractivity contribution is 6.44. The smallest absolute Gasteiger partial charge is 0.231 e. The topological polar surface area (TPSA) is 30.5 Å². The third kappa shape index (κ3) is 3.22. The molecule has 6 heteroatoms. The zero-order chi connectivity index (χ0) is 14.8. The van der Waals surface area contributed by atoms with E-state index in [0.29, 0.717) is 28.2 Å². The van der Waals surface area contributed by atoms with Crippen LogP contribution >= 0.6 is 34.8 Å². The molecule has 1 aliphatic rings. The number of ether oxygens (including phenoxy) is 2. The van der Waals surface area contributed by atoms with Crippen LogP contribution in [0.3, 0.4) is 0 Å². The molecule has 0 saturated carbocycles. The molecule has 0 bridgehead atoms. The van der Waals surface area contributed by atoms with E-state index in [4.69, 9.17) is 44.3 Å². The standard InChI is InChI=1S/C15H12Cl3NO2/c16-11-2-3-12(17)15(18)10(11)7-19-6-9-1-4-13-14(5-9)21-8-20-13/h1-5,19H,6-8H2. The summed E-state index contributed by atoms with van der Waals surface area (Å²) in [6.07, 6.45) is 0. The van der Waals surface area contributed by atoms with Gasteiger partial charge in [0, 0.05) is 23.7 Å². The number of hydrogen-bond donors (Lipinski definition) is 1. The van der Waals surface area contributed by atoms with E-state index in [-0.39, 0.29) is 6.79 Å². The lowest BCUT2D eigenvalue weighted by Gasteiger charge is -2.10. The predicted octanol–water partition coefficient (Wildman–Crippen LogP) is 4.67. The molecule has 0 saturated heterocycles. The Morgan fingerprint density at radius 2 is 1.67 bits per heavy atom. The van der Waals surface area contributed by atoms with E-state index in [1.165, 1.54) is 0 Å². The lowest BCUT2D eigenvalue weighted by atomic mass is 10.2. The number of benzene rings is 2. The fourth-order valence-electron chi connectivity index (χ4n) is 2.11. The molecule has 2 aromatic carbocycles. The molecule has 0 aliphatic carbocycles. The van der Waals surface area contributed by atoms with Crippen LogP contribution in [-0.4, -0.2) is 6.79 Å². The van der Waals surface area contributed by atoms with Crippen molar-refractivity contribution >= 4 is 34.8 Å². The summed E-state index contributed by atoms with van der Waals surface area (Å²) in [7, 11) is 0. The molecule has 0 fully saturated rings. The van der Waals surface area contributed by atoms with Gasteiger partial charge in [-0.15, -0.1) is 0 Å². The van der Waals surface area contributed by atoms with Crippen LogP contribution in [0.25, 0.3) is 0 Å². The average Bonchev–Trinajstić information content (AvgIpc) is 2.94. The molecule has 1 aliphatic heterocycles. The van der Waals surface area contributed by atoms with Gasteiger partial charge >= 0.3 is 0 Å². The van der Waals surface area contributed by atoms with Gasteiger partial charge < -0.3 is 14.8 Å². The Morgan fingerprint density at radius 3 is 2.52 bits per heavy atom. The molecule has 0 radical (unpaired) electrons. The highest BCUT2D eigenvalue weighted by Crippen LogP contribution is 2.33. The van der Waals surface area contributed by atoms with Crippen LogP contribution in [0.2, 0.25) is 15.1 Å². The Hall–Kier alpha value is -1.13. The molecule has 3 nitrogen and oxygen atoms in total. The van der Waals surface area contributed by atoms with E-state index in [0.717, 1.165) is 22.6 Å². The van der Waals surface area contributed by atoms with E-state index in [1.54, 1.807) is 12.1 Å². The van der Waals surface area contributed by atoms with Crippen molar-refractivity contribution in [2.75, 3.05) is 6.79 Å². The number of nitrogens with one attached hydrogen (secondary N) is 1. The highest BCUT2D eigenvalue weighted by Gasteiger charge is 2.13. The first-order valence-corrected chi connectivity index (χ1v) is 7.50. The van der Waals surface area contributed by atoms with Gasteiger partial charge in [-0.05, 0) is 29.8 Å². The molecule has 3 rings (SSSR count). The Kier molecular flexibility index (Phi) is 4.45. The summed E-state index contributed by atoms with van der Waals surface area (Å²) in [5.41, 5.74) is 1.89. The van der Waals surface area contributed by atoms with E-state index in [1.807, 2.05) is 18.2 Å². The maximum atomic E-state index is 6.16. The maximum absolute atomic E-state index is 6.16. The summed E-state index contributed by atoms with van der Waals surface area (Å²) in [6, 6.07) is 9.28. The Labute approximate surface area is 137 Å². The van der Waals surface area contributed by atoms with Gasteiger partial charge in [-0.25, -0.2) is 0 Å². The van der Waals surface area contributed by atoms with Crippen molar-refractivity contribution in [3.63, 3.8) is 0 Å². The first-order valence-electron chi connectivity index (χ1n) is 6.37. The Morgan fingerprint density at radius 1 is 0.905 bits per heavy atom. The summed E-state index contributed by atoms with van der Waals surface area (Å²) >= 11 is 18.3. The lowest BCUT2D eigenvalue weighted by Crippen LogP contribution is -2.13. The SMILES string of the molecule is Clc1ccc(Cl)c(CNCc2ccc3c(c2)OCO3)c1Cl. The molecule has 0 spiro atoms. The summed E-state index contributed by atoms with van der Waals surface area (Å²) in [4.78, 5) is 0. The minimum Gasteiger partial charge on any atom is -0.454 e. The summed E-state index contributed by atoms with van der Waals surface area (Å²) in [5, 5.41) is 4.88. The summed E-state index contributed by atoms with van der Waals surface area (Å²) in [5.74, 6) is 1.55. The fourth-order valence-corrected chi connectivity index (χ4v) is 2.80. The van der Waals surface area contributed by atoms with Crippen molar-refractivity contribution in [2.24, 2.45) is 0 Å². The van der Waals surface area contributed by atoms with Crippen LogP contribution in [0, 0.1) is 0 Å². The highest BCUT2D eigenvalue weighted by atomic mass is 35.5. The normalized spacial score (nSPS) is 12.7. The molecular formula is C15H12Cl3NO2. The van der Waals surface area contributed by atoms with Crippen molar-refractivity contribution in [1.29, 1.82) is 0 Å². The van der Waals surface area contributed by atoms with Crippen molar-refractivity contribution in [2.45, 2.75) is 13.1 Å². The third-order valence-corrected chi connectivity index (χ3v) is 4.40. The number of fused-ring (bicyclic) bond motifs is 1. The van der Waals surface area contributed by atoms with Crippen LogP contribution in [0.1, 0.15) is 11.1 Å². The largest absolute Gasteiger partial charge is 0.454 e. The maximum Gasteiger partial charge on any atom is 0.231 e. The minimum atomic E-state index is 0.278. The van der Waals surface area contributed by atoms with Crippen LogP contribution in [0.15, 0.2) is 30.3 Å². The van der Waals surface area contributed by atoms with Crippen molar-refractivity contribution < 1.29 is 9.47 Å². The van der Waals surface area contributed by atoms with Gasteiger partial charge in [-0.1, -0.05) is 40.9 Å². The Bertz CT molecular complexity index is 676. The van der Waals surface area contributed by atoms with Crippen molar-refractivity contribution in [1.82, 2.24) is 5.32 Å². The predicted molar refractivity (Wildman–Crippen MR) is 84.6 cm³/mol. The molecule has 0 amide bonds. The minimum absolute atomic E-state index is 0.278. The zero-order valence-electron chi connectivity index (χ0n) is 11.0. The first kappa shape index (κ1) is 14.8. The molecule has 2 aromatic rings. The van der Waals surface area contributed by atoms with E-state index >= 15 is 0 Å². The molecule has 1 heterocycles. The zero-order valence-corrected chi connectivity index (χ0v) is 13.2. The molecule has 21 heavy (non-hydrogen) atoms. The third-order valence-electron chi connectivity index (χ3n) is 3.21. The second-order valence-electron chi connectivity index (χ2n) is 4.61. The Balaban J connectivity index is 1.65. The fraction of sp³-hybridized carbons (Fsp3) is 0.200. The second kappa shape index (κ2) is 6.32. The quantitative estimate of drug-likeness (QED) is 0.818. The number of hydrogen-bond acceptors (Lipinski definition) is 3. The lowest BCUT2D eigenvalue weighted by molar-refractivity contribution is 0.174. The monoisotopic (exact) mass is 343 g/mol. The first-order chi connectivity index (χ1) is 10.1. The van der Waals surface area contributed by atoms with Crippen LogP contribution < -0.4 is 14.8 Å².